The Hall–Kier alpha value is -2.61. The Balaban J connectivity index is 2.16. The third-order valence-electron chi connectivity index (χ3n) is 3.17. The van der Waals surface area contributed by atoms with E-state index in [-0.39, 0.29) is 17.7 Å². The summed E-state index contributed by atoms with van der Waals surface area (Å²) < 4.78 is 1.80. The molecule has 0 bridgehead atoms. The zero-order valence-electron chi connectivity index (χ0n) is 13.3. The van der Waals surface area contributed by atoms with E-state index in [1.165, 1.54) is 11.8 Å². The van der Waals surface area contributed by atoms with Gasteiger partial charge < -0.3 is 15.6 Å². The standard InChI is InChI=1S/C16H19N5O2S/c1-3-9-21-14(19-20-16(21)24-10-13(17)22)11(2)18-15(23)12-7-5-4-6-8-12/h3-8,11H,1,9-10H2,2H3,(H2,17,22)(H,18,23)/t11-/m1/s1. The van der Waals surface area contributed by atoms with Crippen molar-refractivity contribution in [3.63, 3.8) is 0 Å². The van der Waals surface area contributed by atoms with Gasteiger partial charge in [0.2, 0.25) is 5.91 Å². The lowest BCUT2D eigenvalue weighted by molar-refractivity contribution is -0.115. The summed E-state index contributed by atoms with van der Waals surface area (Å²) in [6.45, 7) is 6.01. The normalized spacial score (nSPS) is 11.7. The van der Waals surface area contributed by atoms with Crippen molar-refractivity contribution < 1.29 is 9.59 Å². The predicted octanol–water partition coefficient (Wildman–Crippen LogP) is 1.53. The van der Waals surface area contributed by atoms with Gasteiger partial charge in [-0.05, 0) is 19.1 Å². The molecule has 2 amide bonds. The van der Waals surface area contributed by atoms with E-state index >= 15 is 0 Å². The summed E-state index contributed by atoms with van der Waals surface area (Å²) in [6, 6.07) is 8.59. The van der Waals surface area contributed by atoms with Crippen molar-refractivity contribution in [1.82, 2.24) is 20.1 Å². The van der Waals surface area contributed by atoms with Gasteiger partial charge in [-0.25, -0.2) is 0 Å². The second-order valence-electron chi connectivity index (χ2n) is 5.06. The maximum Gasteiger partial charge on any atom is 0.251 e. The van der Waals surface area contributed by atoms with Crippen molar-refractivity contribution in [3.05, 3.63) is 54.4 Å². The van der Waals surface area contributed by atoms with E-state index < -0.39 is 5.91 Å². The molecule has 24 heavy (non-hydrogen) atoms. The van der Waals surface area contributed by atoms with Gasteiger partial charge in [0.1, 0.15) is 0 Å². The van der Waals surface area contributed by atoms with Gasteiger partial charge in [-0.15, -0.1) is 16.8 Å². The van der Waals surface area contributed by atoms with Crippen LogP contribution in [0.15, 0.2) is 48.1 Å². The SMILES string of the molecule is C=CCn1c(SCC(N)=O)nnc1[C@@H](C)NC(=O)c1ccccc1. The number of carbonyl (C=O) groups excluding carboxylic acids is 2. The van der Waals surface area contributed by atoms with E-state index in [2.05, 4.69) is 22.1 Å². The number of nitrogens with zero attached hydrogens (tertiary/aromatic N) is 3. The van der Waals surface area contributed by atoms with Gasteiger partial charge in [0, 0.05) is 12.1 Å². The van der Waals surface area contributed by atoms with Gasteiger partial charge in [0.15, 0.2) is 11.0 Å². The number of hydrogen-bond acceptors (Lipinski definition) is 5. The molecule has 0 aliphatic carbocycles. The van der Waals surface area contributed by atoms with Gasteiger partial charge in [0.05, 0.1) is 11.8 Å². The summed E-state index contributed by atoms with van der Waals surface area (Å²) in [5.41, 5.74) is 5.74. The van der Waals surface area contributed by atoms with E-state index in [1.54, 1.807) is 34.9 Å². The van der Waals surface area contributed by atoms with Crippen molar-refractivity contribution >= 4 is 23.6 Å². The van der Waals surface area contributed by atoms with Crippen LogP contribution >= 0.6 is 11.8 Å². The van der Waals surface area contributed by atoms with E-state index in [0.717, 1.165) is 0 Å². The Morgan fingerprint density at radius 2 is 2.08 bits per heavy atom. The molecule has 0 unspecified atom stereocenters. The van der Waals surface area contributed by atoms with Crippen LogP contribution in [0.4, 0.5) is 0 Å². The number of thioether (sulfide) groups is 1. The fourth-order valence-electron chi connectivity index (χ4n) is 2.10. The van der Waals surface area contributed by atoms with Crippen molar-refractivity contribution in [2.24, 2.45) is 5.73 Å². The highest BCUT2D eigenvalue weighted by atomic mass is 32.2. The second kappa shape index (κ2) is 8.30. The molecule has 1 aromatic heterocycles. The van der Waals surface area contributed by atoms with Crippen LogP contribution < -0.4 is 11.1 Å². The van der Waals surface area contributed by atoms with Crippen molar-refractivity contribution in [3.8, 4) is 0 Å². The Labute approximate surface area is 144 Å². The average molecular weight is 345 g/mol. The molecule has 1 atom stereocenters. The molecule has 126 valence electrons. The van der Waals surface area contributed by atoms with Crippen molar-refractivity contribution in [2.45, 2.75) is 24.7 Å². The summed E-state index contributed by atoms with van der Waals surface area (Å²) in [5, 5.41) is 11.7. The molecular weight excluding hydrogens is 326 g/mol. The Kier molecular flexibility index (Phi) is 6.14. The number of primary amides is 1. The maximum absolute atomic E-state index is 12.3. The molecule has 7 nitrogen and oxygen atoms in total. The molecule has 0 aliphatic rings. The number of aromatic nitrogens is 3. The summed E-state index contributed by atoms with van der Waals surface area (Å²) in [7, 11) is 0. The highest BCUT2D eigenvalue weighted by Gasteiger charge is 2.20. The molecule has 0 saturated carbocycles. The number of rotatable bonds is 8. The highest BCUT2D eigenvalue weighted by molar-refractivity contribution is 7.99. The largest absolute Gasteiger partial charge is 0.369 e. The van der Waals surface area contributed by atoms with E-state index in [1.807, 2.05) is 13.0 Å². The second-order valence-corrected chi connectivity index (χ2v) is 6.00. The summed E-state index contributed by atoms with van der Waals surface area (Å²) >= 11 is 1.20. The third kappa shape index (κ3) is 4.45. The zero-order chi connectivity index (χ0) is 17.5. The number of amides is 2. The number of nitrogens with one attached hydrogen (secondary N) is 1. The van der Waals surface area contributed by atoms with E-state index in [9.17, 15) is 9.59 Å². The lowest BCUT2D eigenvalue weighted by atomic mass is 10.2. The number of carbonyl (C=O) groups is 2. The topological polar surface area (TPSA) is 103 Å². The van der Waals surface area contributed by atoms with Gasteiger partial charge in [0.25, 0.3) is 5.91 Å². The maximum atomic E-state index is 12.3. The lowest BCUT2D eigenvalue weighted by Gasteiger charge is -2.15. The molecule has 0 fully saturated rings. The van der Waals surface area contributed by atoms with E-state index in [4.69, 9.17) is 5.73 Å². The van der Waals surface area contributed by atoms with Crippen LogP contribution in [0.5, 0.6) is 0 Å². The van der Waals surface area contributed by atoms with Crippen LogP contribution in [0.3, 0.4) is 0 Å². The molecule has 2 rings (SSSR count). The molecule has 0 spiro atoms. The monoisotopic (exact) mass is 345 g/mol. The smallest absolute Gasteiger partial charge is 0.251 e. The third-order valence-corrected chi connectivity index (χ3v) is 4.16. The number of allylic oxidation sites excluding steroid dienone is 1. The molecule has 1 heterocycles. The van der Waals surface area contributed by atoms with Crippen LogP contribution in [0.25, 0.3) is 0 Å². The number of benzene rings is 1. The minimum atomic E-state index is -0.430. The summed E-state index contributed by atoms with van der Waals surface area (Å²) in [4.78, 5) is 23.2. The first-order valence-corrected chi connectivity index (χ1v) is 8.32. The molecule has 1 aromatic carbocycles. The minimum Gasteiger partial charge on any atom is -0.369 e. The van der Waals surface area contributed by atoms with E-state index in [0.29, 0.717) is 23.1 Å². The number of hydrogen-bond donors (Lipinski definition) is 2. The van der Waals surface area contributed by atoms with Gasteiger partial charge >= 0.3 is 0 Å². The average Bonchev–Trinajstić information content (AvgIpc) is 2.97. The van der Waals surface area contributed by atoms with Crippen molar-refractivity contribution in [1.29, 1.82) is 0 Å². The van der Waals surface area contributed by atoms with Gasteiger partial charge in [-0.1, -0.05) is 36.0 Å². The molecule has 3 N–H and O–H groups in total. The Morgan fingerprint density at radius 1 is 1.38 bits per heavy atom. The summed E-state index contributed by atoms with van der Waals surface area (Å²) in [6.07, 6.45) is 1.70. The molecule has 0 saturated heterocycles. The molecule has 0 aliphatic heterocycles. The van der Waals surface area contributed by atoms with Crippen LogP contribution in [-0.2, 0) is 11.3 Å². The molecule has 2 aromatic rings. The highest BCUT2D eigenvalue weighted by Crippen LogP contribution is 2.20. The first-order valence-electron chi connectivity index (χ1n) is 7.34. The van der Waals surface area contributed by atoms with Crippen LogP contribution in [-0.4, -0.2) is 32.3 Å². The first-order chi connectivity index (χ1) is 11.5. The fraction of sp³-hybridized carbons (Fsp3) is 0.250. The summed E-state index contributed by atoms with van der Waals surface area (Å²) in [5.74, 6) is 0.0777. The van der Waals surface area contributed by atoms with Crippen LogP contribution in [0.2, 0.25) is 0 Å². The van der Waals surface area contributed by atoms with Gasteiger partial charge in [-0.2, -0.15) is 0 Å². The minimum absolute atomic E-state index is 0.111. The molecule has 8 heteroatoms. The molecular formula is C16H19N5O2S. The fourth-order valence-corrected chi connectivity index (χ4v) is 2.79. The van der Waals surface area contributed by atoms with Crippen molar-refractivity contribution in [2.75, 3.05) is 5.75 Å². The Bertz CT molecular complexity index is 729. The first kappa shape index (κ1) is 17.7. The van der Waals surface area contributed by atoms with Crippen LogP contribution in [0, 0.1) is 0 Å². The Morgan fingerprint density at radius 3 is 2.71 bits per heavy atom. The number of nitrogens with two attached hydrogens (primary N) is 1. The van der Waals surface area contributed by atoms with Gasteiger partial charge in [-0.3, -0.25) is 9.59 Å². The lowest BCUT2D eigenvalue weighted by Crippen LogP contribution is -2.28. The molecule has 0 radical (unpaired) electrons. The quantitative estimate of drug-likeness (QED) is 0.558. The zero-order valence-corrected chi connectivity index (χ0v) is 14.1. The van der Waals surface area contributed by atoms with Crippen LogP contribution in [0.1, 0.15) is 29.1 Å². The predicted molar refractivity (Wildman–Crippen MR) is 92.5 cm³/mol.